The van der Waals surface area contributed by atoms with Crippen LogP contribution in [0.3, 0.4) is 0 Å². The van der Waals surface area contributed by atoms with Crippen molar-refractivity contribution in [2.75, 3.05) is 5.32 Å². The van der Waals surface area contributed by atoms with Gasteiger partial charge in [0.25, 0.3) is 0 Å². The molecule has 0 saturated heterocycles. The smallest absolute Gasteiger partial charge is 0.319 e. The Hall–Kier alpha value is -2.54. The number of carbonyl (C=O) groups is 1. The zero-order chi connectivity index (χ0) is 18.9. The molecule has 0 fully saturated rings. The second kappa shape index (κ2) is 9.97. The Kier molecular flexibility index (Phi) is 7.10. The molecular weight excluding hydrogens is 380 g/mol. The maximum absolute atomic E-state index is 12.0. The predicted octanol–water partition coefficient (Wildman–Crippen LogP) is 4.85. The maximum atomic E-state index is 12.0. The van der Waals surface area contributed by atoms with Crippen LogP contribution in [0.5, 0.6) is 0 Å². The van der Waals surface area contributed by atoms with Crippen molar-refractivity contribution in [3.63, 3.8) is 0 Å². The van der Waals surface area contributed by atoms with Gasteiger partial charge in [0.2, 0.25) is 0 Å². The molecule has 0 saturated carbocycles. The number of halogens is 1. The first-order valence-corrected chi connectivity index (χ1v) is 9.56. The lowest BCUT2D eigenvalue weighted by atomic mass is 10.2. The standard InChI is InChI=1S/C20H19ClN4OS/c21-17-3-1-15(2-4-17)14-24-27-19-7-5-18(6-8-19)25-20(26)23-13-16-9-11-22-12-10-16/h1-12,24H,13-14H2,(H2,23,25,26). The highest BCUT2D eigenvalue weighted by Gasteiger charge is 2.02. The number of amides is 2. The van der Waals surface area contributed by atoms with Gasteiger partial charge in [0.1, 0.15) is 0 Å². The summed E-state index contributed by atoms with van der Waals surface area (Å²) in [6.45, 7) is 1.19. The van der Waals surface area contributed by atoms with Crippen LogP contribution < -0.4 is 15.4 Å². The van der Waals surface area contributed by atoms with Gasteiger partial charge < -0.3 is 10.6 Å². The van der Waals surface area contributed by atoms with E-state index in [1.807, 2.05) is 60.7 Å². The monoisotopic (exact) mass is 398 g/mol. The molecule has 0 bridgehead atoms. The Balaban J connectivity index is 1.41. The minimum absolute atomic E-state index is 0.243. The Morgan fingerprint density at radius 3 is 2.26 bits per heavy atom. The van der Waals surface area contributed by atoms with Crippen LogP contribution in [0.15, 0.2) is 78.0 Å². The number of carbonyl (C=O) groups excluding carboxylic acids is 1. The summed E-state index contributed by atoms with van der Waals surface area (Å²) in [6.07, 6.45) is 3.40. The lowest BCUT2D eigenvalue weighted by Crippen LogP contribution is -2.28. The van der Waals surface area contributed by atoms with Crippen molar-refractivity contribution in [3.8, 4) is 0 Å². The molecule has 3 rings (SSSR count). The molecule has 0 aliphatic rings. The molecule has 5 nitrogen and oxygen atoms in total. The van der Waals surface area contributed by atoms with Gasteiger partial charge in [-0.25, -0.2) is 4.79 Å². The van der Waals surface area contributed by atoms with E-state index in [1.165, 1.54) is 11.9 Å². The second-order valence-electron chi connectivity index (χ2n) is 5.74. The summed E-state index contributed by atoms with van der Waals surface area (Å²) in [5.74, 6) is 0. The van der Waals surface area contributed by atoms with E-state index < -0.39 is 0 Å². The molecule has 0 atom stereocenters. The summed E-state index contributed by atoms with van der Waals surface area (Å²) in [6, 6.07) is 18.9. The summed E-state index contributed by atoms with van der Waals surface area (Å²) < 4.78 is 3.30. The first kappa shape index (κ1) is 19.2. The van der Waals surface area contributed by atoms with Crippen molar-refractivity contribution in [2.24, 2.45) is 0 Å². The third-order valence-corrected chi connectivity index (χ3v) is 4.74. The number of pyridine rings is 1. The quantitative estimate of drug-likeness (QED) is 0.497. The van der Waals surface area contributed by atoms with Gasteiger partial charge in [-0.2, -0.15) is 0 Å². The van der Waals surface area contributed by atoms with E-state index in [4.69, 9.17) is 11.6 Å². The van der Waals surface area contributed by atoms with Gasteiger partial charge in [0.15, 0.2) is 0 Å². The van der Waals surface area contributed by atoms with Gasteiger partial charge in [0, 0.05) is 41.1 Å². The van der Waals surface area contributed by atoms with Crippen LogP contribution in [0.2, 0.25) is 5.02 Å². The Morgan fingerprint density at radius 2 is 1.56 bits per heavy atom. The van der Waals surface area contributed by atoms with Gasteiger partial charge in [-0.1, -0.05) is 23.7 Å². The van der Waals surface area contributed by atoms with Crippen molar-refractivity contribution in [1.82, 2.24) is 15.0 Å². The lowest BCUT2D eigenvalue weighted by molar-refractivity contribution is 0.251. The molecule has 27 heavy (non-hydrogen) atoms. The molecule has 3 aromatic rings. The number of nitrogens with zero attached hydrogens (tertiary/aromatic N) is 1. The Labute approximate surface area is 167 Å². The number of nitrogens with one attached hydrogen (secondary N) is 3. The first-order chi connectivity index (χ1) is 13.2. The molecule has 1 heterocycles. The number of anilines is 1. The summed E-state index contributed by atoms with van der Waals surface area (Å²) in [5, 5.41) is 6.37. The molecular formula is C20H19ClN4OS. The highest BCUT2D eigenvalue weighted by Crippen LogP contribution is 2.19. The van der Waals surface area contributed by atoms with Crippen LogP contribution in [-0.4, -0.2) is 11.0 Å². The van der Waals surface area contributed by atoms with Crippen molar-refractivity contribution >= 4 is 35.3 Å². The Morgan fingerprint density at radius 1 is 0.889 bits per heavy atom. The molecule has 0 unspecified atom stereocenters. The fourth-order valence-corrected chi connectivity index (χ4v) is 3.07. The summed E-state index contributed by atoms with van der Waals surface area (Å²) in [7, 11) is 0. The molecule has 0 spiro atoms. The molecule has 7 heteroatoms. The van der Waals surface area contributed by atoms with E-state index >= 15 is 0 Å². The highest BCUT2D eigenvalue weighted by atomic mass is 35.5. The van der Waals surface area contributed by atoms with Crippen LogP contribution in [0.1, 0.15) is 11.1 Å². The SMILES string of the molecule is O=C(NCc1ccncc1)Nc1ccc(SNCc2ccc(Cl)cc2)cc1. The van der Waals surface area contributed by atoms with E-state index in [1.54, 1.807) is 12.4 Å². The fraction of sp³-hybridized carbons (Fsp3) is 0.100. The van der Waals surface area contributed by atoms with Crippen LogP contribution >= 0.6 is 23.5 Å². The zero-order valence-corrected chi connectivity index (χ0v) is 16.1. The second-order valence-corrected chi connectivity index (χ2v) is 7.14. The normalized spacial score (nSPS) is 10.4. The van der Waals surface area contributed by atoms with Crippen molar-refractivity contribution in [2.45, 2.75) is 18.0 Å². The van der Waals surface area contributed by atoms with Crippen molar-refractivity contribution < 1.29 is 4.79 Å². The molecule has 2 amide bonds. The third kappa shape index (κ3) is 6.60. The van der Waals surface area contributed by atoms with Crippen molar-refractivity contribution in [1.29, 1.82) is 0 Å². The van der Waals surface area contributed by atoms with Crippen LogP contribution in [0, 0.1) is 0 Å². The Bertz CT molecular complexity index is 857. The first-order valence-electron chi connectivity index (χ1n) is 8.37. The van der Waals surface area contributed by atoms with E-state index in [0.29, 0.717) is 6.54 Å². The zero-order valence-electron chi connectivity index (χ0n) is 14.5. The third-order valence-electron chi connectivity index (χ3n) is 3.69. The fourth-order valence-electron chi connectivity index (χ4n) is 2.27. The van der Waals surface area contributed by atoms with E-state index in [9.17, 15) is 4.79 Å². The number of benzene rings is 2. The maximum Gasteiger partial charge on any atom is 0.319 e. The molecule has 138 valence electrons. The summed E-state index contributed by atoms with van der Waals surface area (Å²) in [4.78, 5) is 17.0. The predicted molar refractivity (Wildman–Crippen MR) is 111 cm³/mol. The number of hydrogen-bond donors (Lipinski definition) is 3. The molecule has 0 aliphatic carbocycles. The number of aromatic nitrogens is 1. The minimum Gasteiger partial charge on any atom is -0.334 e. The van der Waals surface area contributed by atoms with E-state index in [-0.39, 0.29) is 6.03 Å². The van der Waals surface area contributed by atoms with Gasteiger partial charge in [-0.15, -0.1) is 0 Å². The molecule has 1 aromatic heterocycles. The van der Waals surface area contributed by atoms with Crippen LogP contribution in [-0.2, 0) is 13.1 Å². The minimum atomic E-state index is -0.243. The van der Waals surface area contributed by atoms with Crippen LogP contribution in [0.4, 0.5) is 10.5 Å². The van der Waals surface area contributed by atoms with Crippen LogP contribution in [0.25, 0.3) is 0 Å². The number of hydrogen-bond acceptors (Lipinski definition) is 4. The van der Waals surface area contributed by atoms with Crippen molar-refractivity contribution in [3.05, 3.63) is 89.2 Å². The van der Waals surface area contributed by atoms with Gasteiger partial charge in [-0.05, 0) is 71.6 Å². The summed E-state index contributed by atoms with van der Waals surface area (Å²) >= 11 is 7.42. The topological polar surface area (TPSA) is 66.0 Å². The van der Waals surface area contributed by atoms with E-state index in [0.717, 1.165) is 33.3 Å². The largest absolute Gasteiger partial charge is 0.334 e. The molecule has 0 radical (unpaired) electrons. The average molecular weight is 399 g/mol. The van der Waals surface area contributed by atoms with Gasteiger partial charge in [0.05, 0.1) is 0 Å². The molecule has 3 N–H and O–H groups in total. The highest BCUT2D eigenvalue weighted by molar-refractivity contribution is 7.97. The van der Waals surface area contributed by atoms with Gasteiger partial charge in [-0.3, -0.25) is 9.71 Å². The molecule has 0 aliphatic heterocycles. The van der Waals surface area contributed by atoms with E-state index in [2.05, 4.69) is 20.3 Å². The average Bonchev–Trinajstić information content (AvgIpc) is 2.70. The molecule has 2 aromatic carbocycles. The van der Waals surface area contributed by atoms with Gasteiger partial charge >= 0.3 is 6.03 Å². The number of urea groups is 1. The summed E-state index contributed by atoms with van der Waals surface area (Å²) in [5.41, 5.74) is 2.90. The lowest BCUT2D eigenvalue weighted by Gasteiger charge is -2.09. The number of rotatable bonds is 7.